The van der Waals surface area contributed by atoms with Gasteiger partial charge in [-0.1, -0.05) is 18.2 Å². The number of hydrogen-bond donors (Lipinski definition) is 2. The van der Waals surface area contributed by atoms with Crippen LogP contribution in [0, 0.1) is 6.92 Å². The zero-order valence-corrected chi connectivity index (χ0v) is 10.1. The molecule has 0 radical (unpaired) electrons. The molecule has 0 bridgehead atoms. The number of rotatable bonds is 3. The van der Waals surface area contributed by atoms with Gasteiger partial charge in [-0.2, -0.15) is 0 Å². The van der Waals surface area contributed by atoms with Crippen LogP contribution in [0.1, 0.15) is 21.7 Å². The lowest BCUT2D eigenvalue weighted by Gasteiger charge is -2.05. The molecule has 0 saturated carbocycles. The van der Waals surface area contributed by atoms with E-state index in [2.05, 4.69) is 10.3 Å². The molecule has 1 aromatic carbocycles. The number of carbonyl (C=O) groups excluding carboxylic acids is 1. The average Bonchev–Trinajstić information content (AvgIpc) is 2.36. The fourth-order valence-electron chi connectivity index (χ4n) is 1.61. The quantitative estimate of drug-likeness (QED) is 0.865. The maximum Gasteiger partial charge on any atom is 0.270 e. The third-order valence-electron chi connectivity index (χ3n) is 2.48. The van der Waals surface area contributed by atoms with Crippen molar-refractivity contribution in [3.8, 4) is 5.75 Å². The maximum atomic E-state index is 11.8. The van der Waals surface area contributed by atoms with Gasteiger partial charge in [-0.25, -0.2) is 4.98 Å². The van der Waals surface area contributed by atoms with Crippen LogP contribution in [0.5, 0.6) is 5.75 Å². The van der Waals surface area contributed by atoms with Gasteiger partial charge in [-0.05, 0) is 36.8 Å². The van der Waals surface area contributed by atoms with E-state index >= 15 is 0 Å². The zero-order valence-electron chi connectivity index (χ0n) is 10.1. The molecule has 0 unspecified atom stereocenters. The number of pyridine rings is 1. The Morgan fingerprint density at radius 1 is 1.28 bits per heavy atom. The molecule has 4 nitrogen and oxygen atoms in total. The summed E-state index contributed by atoms with van der Waals surface area (Å²) in [6.07, 6.45) is 0. The number of phenols is 1. The first-order chi connectivity index (χ1) is 8.65. The highest BCUT2D eigenvalue weighted by Crippen LogP contribution is 2.10. The van der Waals surface area contributed by atoms with Crippen LogP contribution in [-0.4, -0.2) is 16.0 Å². The van der Waals surface area contributed by atoms with Crippen molar-refractivity contribution < 1.29 is 9.90 Å². The van der Waals surface area contributed by atoms with E-state index in [0.717, 1.165) is 11.3 Å². The Kier molecular flexibility index (Phi) is 3.57. The largest absolute Gasteiger partial charge is 0.508 e. The second kappa shape index (κ2) is 5.31. The van der Waals surface area contributed by atoms with E-state index in [4.69, 9.17) is 0 Å². The molecule has 2 aromatic rings. The second-order valence-corrected chi connectivity index (χ2v) is 4.02. The number of nitrogens with zero attached hydrogens (tertiary/aromatic N) is 1. The van der Waals surface area contributed by atoms with Crippen molar-refractivity contribution >= 4 is 5.91 Å². The molecule has 0 aliphatic carbocycles. The minimum atomic E-state index is -0.220. The Bertz CT molecular complexity index is 567. The normalized spacial score (nSPS) is 10.1. The van der Waals surface area contributed by atoms with Crippen LogP contribution in [0.25, 0.3) is 0 Å². The monoisotopic (exact) mass is 242 g/mol. The number of amides is 1. The van der Waals surface area contributed by atoms with Crippen LogP contribution in [-0.2, 0) is 6.54 Å². The van der Waals surface area contributed by atoms with Gasteiger partial charge in [-0.15, -0.1) is 0 Å². The van der Waals surface area contributed by atoms with Gasteiger partial charge in [0.05, 0.1) is 0 Å². The number of carbonyl (C=O) groups is 1. The smallest absolute Gasteiger partial charge is 0.270 e. The van der Waals surface area contributed by atoms with Gasteiger partial charge < -0.3 is 10.4 Å². The number of aryl methyl sites for hydroxylation is 1. The zero-order chi connectivity index (χ0) is 13.0. The number of nitrogens with one attached hydrogen (secondary N) is 1. The number of hydrogen-bond acceptors (Lipinski definition) is 3. The standard InChI is InChI=1S/C14H14N2O2/c1-10-4-2-7-13(16-10)14(18)15-9-11-5-3-6-12(17)8-11/h2-8,17H,9H2,1H3,(H,15,18). The maximum absolute atomic E-state index is 11.8. The summed E-state index contributed by atoms with van der Waals surface area (Å²) >= 11 is 0. The second-order valence-electron chi connectivity index (χ2n) is 4.02. The summed E-state index contributed by atoms with van der Waals surface area (Å²) in [5, 5.41) is 12.1. The Balaban J connectivity index is 2.00. The molecular formula is C14H14N2O2. The highest BCUT2D eigenvalue weighted by Gasteiger charge is 2.06. The van der Waals surface area contributed by atoms with Gasteiger partial charge in [0.25, 0.3) is 5.91 Å². The van der Waals surface area contributed by atoms with E-state index in [1.807, 2.05) is 19.1 Å². The molecule has 92 valence electrons. The molecule has 0 atom stereocenters. The summed E-state index contributed by atoms with van der Waals surface area (Å²) in [7, 11) is 0. The molecule has 1 heterocycles. The molecule has 0 spiro atoms. The topological polar surface area (TPSA) is 62.2 Å². The summed E-state index contributed by atoms with van der Waals surface area (Å²) in [6.45, 7) is 2.20. The molecule has 1 amide bonds. The van der Waals surface area contributed by atoms with E-state index < -0.39 is 0 Å². The molecule has 2 N–H and O–H groups in total. The first kappa shape index (κ1) is 12.1. The minimum Gasteiger partial charge on any atom is -0.508 e. The van der Waals surface area contributed by atoms with E-state index in [9.17, 15) is 9.90 Å². The van der Waals surface area contributed by atoms with Gasteiger partial charge in [0, 0.05) is 12.2 Å². The highest BCUT2D eigenvalue weighted by atomic mass is 16.3. The Morgan fingerprint density at radius 2 is 2.06 bits per heavy atom. The van der Waals surface area contributed by atoms with Crippen LogP contribution in [0.4, 0.5) is 0 Å². The summed E-state index contributed by atoms with van der Waals surface area (Å²) in [6, 6.07) is 12.1. The summed E-state index contributed by atoms with van der Waals surface area (Å²) in [4.78, 5) is 16.0. The van der Waals surface area contributed by atoms with E-state index in [1.54, 1.807) is 30.3 Å². The lowest BCUT2D eigenvalue weighted by molar-refractivity contribution is 0.0945. The third kappa shape index (κ3) is 3.07. The third-order valence-corrected chi connectivity index (χ3v) is 2.48. The summed E-state index contributed by atoms with van der Waals surface area (Å²) in [5.74, 6) is -0.0301. The van der Waals surface area contributed by atoms with Crippen molar-refractivity contribution in [1.29, 1.82) is 0 Å². The van der Waals surface area contributed by atoms with E-state index in [1.165, 1.54) is 0 Å². The average molecular weight is 242 g/mol. The molecule has 2 rings (SSSR count). The van der Waals surface area contributed by atoms with Gasteiger partial charge >= 0.3 is 0 Å². The predicted octanol–water partition coefficient (Wildman–Crippen LogP) is 2.03. The SMILES string of the molecule is Cc1cccc(C(=O)NCc2cccc(O)c2)n1. The summed E-state index contributed by atoms with van der Waals surface area (Å²) < 4.78 is 0. The Morgan fingerprint density at radius 3 is 2.78 bits per heavy atom. The Hall–Kier alpha value is -2.36. The van der Waals surface area contributed by atoms with Crippen molar-refractivity contribution in [2.75, 3.05) is 0 Å². The fraction of sp³-hybridized carbons (Fsp3) is 0.143. The fourth-order valence-corrected chi connectivity index (χ4v) is 1.61. The van der Waals surface area contributed by atoms with Gasteiger partial charge in [0.1, 0.15) is 11.4 Å². The van der Waals surface area contributed by atoms with Crippen molar-refractivity contribution in [1.82, 2.24) is 10.3 Å². The highest BCUT2D eigenvalue weighted by molar-refractivity contribution is 5.92. The minimum absolute atomic E-state index is 0.190. The number of benzene rings is 1. The van der Waals surface area contributed by atoms with Crippen molar-refractivity contribution in [2.45, 2.75) is 13.5 Å². The first-order valence-corrected chi connectivity index (χ1v) is 5.65. The number of phenolic OH excluding ortho intramolecular Hbond substituents is 1. The lowest BCUT2D eigenvalue weighted by atomic mass is 10.2. The molecule has 0 aliphatic rings. The predicted molar refractivity (Wildman–Crippen MR) is 68.3 cm³/mol. The molecule has 0 aliphatic heterocycles. The molecule has 0 saturated heterocycles. The van der Waals surface area contributed by atoms with E-state index in [0.29, 0.717) is 12.2 Å². The number of aromatic hydroxyl groups is 1. The Labute approximate surface area is 105 Å². The van der Waals surface area contributed by atoms with E-state index in [-0.39, 0.29) is 11.7 Å². The first-order valence-electron chi connectivity index (χ1n) is 5.65. The molecule has 1 aromatic heterocycles. The van der Waals surface area contributed by atoms with Crippen LogP contribution >= 0.6 is 0 Å². The molecule has 4 heteroatoms. The van der Waals surface area contributed by atoms with Crippen LogP contribution < -0.4 is 5.32 Å². The van der Waals surface area contributed by atoms with Crippen LogP contribution in [0.3, 0.4) is 0 Å². The van der Waals surface area contributed by atoms with Gasteiger partial charge in [-0.3, -0.25) is 4.79 Å². The lowest BCUT2D eigenvalue weighted by Crippen LogP contribution is -2.23. The van der Waals surface area contributed by atoms with Crippen LogP contribution in [0.15, 0.2) is 42.5 Å². The van der Waals surface area contributed by atoms with Gasteiger partial charge in [0.2, 0.25) is 0 Å². The molecule has 0 fully saturated rings. The van der Waals surface area contributed by atoms with Crippen LogP contribution in [0.2, 0.25) is 0 Å². The molecule has 18 heavy (non-hydrogen) atoms. The van der Waals surface area contributed by atoms with Crippen molar-refractivity contribution in [2.24, 2.45) is 0 Å². The van der Waals surface area contributed by atoms with Gasteiger partial charge in [0.15, 0.2) is 0 Å². The van der Waals surface area contributed by atoms with Crippen molar-refractivity contribution in [3.63, 3.8) is 0 Å². The molecular weight excluding hydrogens is 228 g/mol. The number of aromatic nitrogens is 1. The van der Waals surface area contributed by atoms with Crippen molar-refractivity contribution in [3.05, 3.63) is 59.4 Å². The summed E-state index contributed by atoms with van der Waals surface area (Å²) in [5.41, 5.74) is 2.05.